The van der Waals surface area contributed by atoms with Crippen LogP contribution in [-0.2, 0) is 6.42 Å². The molecule has 0 radical (unpaired) electrons. The van der Waals surface area contributed by atoms with Crippen molar-refractivity contribution in [1.29, 1.82) is 0 Å². The highest BCUT2D eigenvalue weighted by atomic mass is 32.1. The summed E-state index contributed by atoms with van der Waals surface area (Å²) in [5.41, 5.74) is 2.77. The summed E-state index contributed by atoms with van der Waals surface area (Å²) in [5.74, 6) is 0. The third kappa shape index (κ3) is 2.21. The van der Waals surface area contributed by atoms with Crippen LogP contribution in [0.25, 0.3) is 30.9 Å². The van der Waals surface area contributed by atoms with E-state index in [-0.39, 0.29) is 0 Å². The zero-order chi connectivity index (χ0) is 15.9. The summed E-state index contributed by atoms with van der Waals surface area (Å²) in [7, 11) is 0. The Morgan fingerprint density at radius 2 is 1.33 bits per heavy atom. The Bertz CT molecular complexity index is 1180. The molecule has 0 amide bonds. The van der Waals surface area contributed by atoms with E-state index in [0.29, 0.717) is 0 Å². The van der Waals surface area contributed by atoms with E-state index in [4.69, 9.17) is 0 Å². The maximum atomic E-state index is 2.37. The molecule has 1 aromatic heterocycles. The van der Waals surface area contributed by atoms with Crippen LogP contribution in [0.3, 0.4) is 0 Å². The number of fused-ring (bicyclic) bond motifs is 4. The molecule has 0 atom stereocenters. The number of benzene rings is 4. The molecule has 0 N–H and O–H groups in total. The molecule has 0 aliphatic heterocycles. The number of hydrogen-bond acceptors (Lipinski definition) is 1. The van der Waals surface area contributed by atoms with Gasteiger partial charge in [-0.1, -0.05) is 66.7 Å². The molecule has 24 heavy (non-hydrogen) atoms. The Labute approximate surface area is 145 Å². The van der Waals surface area contributed by atoms with Crippen LogP contribution in [-0.4, -0.2) is 0 Å². The van der Waals surface area contributed by atoms with E-state index in [1.54, 1.807) is 0 Å². The molecule has 5 aromatic rings. The van der Waals surface area contributed by atoms with Gasteiger partial charge in [-0.3, -0.25) is 0 Å². The fourth-order valence-corrected chi connectivity index (χ4v) is 4.64. The Balaban J connectivity index is 1.65. The maximum absolute atomic E-state index is 2.37. The van der Waals surface area contributed by atoms with Crippen LogP contribution < -0.4 is 0 Å². The van der Waals surface area contributed by atoms with E-state index in [1.165, 1.54) is 42.1 Å². The minimum Gasteiger partial charge on any atom is -0.135 e. The molecule has 0 aliphatic rings. The average Bonchev–Trinajstić information content (AvgIpc) is 3.00. The molecular formula is C23H16S. The summed E-state index contributed by atoms with van der Waals surface area (Å²) in [5, 5.41) is 5.43. The van der Waals surface area contributed by atoms with Crippen molar-refractivity contribution in [2.75, 3.05) is 0 Å². The molecular weight excluding hydrogens is 308 g/mol. The van der Waals surface area contributed by atoms with Gasteiger partial charge in [0.2, 0.25) is 0 Å². The van der Waals surface area contributed by atoms with Crippen LogP contribution in [0.5, 0.6) is 0 Å². The SMILES string of the molecule is c1ccc2c(Cc3ccc4sc5ccccc5c4c3)cccc2c1. The Morgan fingerprint density at radius 1 is 0.583 bits per heavy atom. The molecule has 0 nitrogen and oxygen atoms in total. The van der Waals surface area contributed by atoms with Gasteiger partial charge in [0.25, 0.3) is 0 Å². The number of thiophene rings is 1. The minimum absolute atomic E-state index is 0.974. The molecule has 0 bridgehead atoms. The quantitative estimate of drug-likeness (QED) is 0.335. The summed E-state index contributed by atoms with van der Waals surface area (Å²) in [6.45, 7) is 0. The van der Waals surface area contributed by atoms with Crippen LogP contribution >= 0.6 is 11.3 Å². The lowest BCUT2D eigenvalue weighted by Gasteiger charge is -2.07. The highest BCUT2D eigenvalue weighted by Gasteiger charge is 2.07. The van der Waals surface area contributed by atoms with Crippen molar-refractivity contribution < 1.29 is 0 Å². The maximum Gasteiger partial charge on any atom is 0.0355 e. The second kappa shape index (κ2) is 5.47. The van der Waals surface area contributed by atoms with E-state index in [9.17, 15) is 0 Å². The van der Waals surface area contributed by atoms with Gasteiger partial charge in [-0.05, 0) is 46.5 Å². The second-order valence-electron chi connectivity index (χ2n) is 6.24. The van der Waals surface area contributed by atoms with Crippen molar-refractivity contribution in [3.05, 3.63) is 96.1 Å². The third-order valence-corrected chi connectivity index (χ3v) is 5.87. The predicted molar refractivity (Wildman–Crippen MR) is 106 cm³/mol. The minimum atomic E-state index is 0.974. The molecule has 0 unspecified atom stereocenters. The molecule has 5 rings (SSSR count). The van der Waals surface area contributed by atoms with E-state index < -0.39 is 0 Å². The van der Waals surface area contributed by atoms with E-state index in [0.717, 1.165) is 6.42 Å². The van der Waals surface area contributed by atoms with Crippen LogP contribution in [0.4, 0.5) is 0 Å². The summed E-state index contributed by atoms with van der Waals surface area (Å²) in [6.07, 6.45) is 0.974. The molecule has 0 fully saturated rings. The van der Waals surface area contributed by atoms with Crippen LogP contribution in [0, 0.1) is 0 Å². The molecule has 0 saturated carbocycles. The summed E-state index contributed by atoms with van der Waals surface area (Å²) in [4.78, 5) is 0. The highest BCUT2D eigenvalue weighted by molar-refractivity contribution is 7.25. The smallest absolute Gasteiger partial charge is 0.0355 e. The number of rotatable bonds is 2. The fraction of sp³-hybridized carbons (Fsp3) is 0.0435. The van der Waals surface area contributed by atoms with Crippen LogP contribution in [0.1, 0.15) is 11.1 Å². The highest BCUT2D eigenvalue weighted by Crippen LogP contribution is 2.34. The van der Waals surface area contributed by atoms with Gasteiger partial charge in [0.05, 0.1) is 0 Å². The Kier molecular flexibility index (Phi) is 3.14. The van der Waals surface area contributed by atoms with Gasteiger partial charge in [0.15, 0.2) is 0 Å². The normalized spacial score (nSPS) is 11.5. The molecule has 1 heterocycles. The zero-order valence-electron chi connectivity index (χ0n) is 13.2. The lowest BCUT2D eigenvalue weighted by atomic mass is 9.97. The third-order valence-electron chi connectivity index (χ3n) is 4.72. The van der Waals surface area contributed by atoms with Crippen LogP contribution in [0.2, 0.25) is 0 Å². The van der Waals surface area contributed by atoms with E-state index >= 15 is 0 Å². The van der Waals surface area contributed by atoms with Crippen molar-refractivity contribution in [3.63, 3.8) is 0 Å². The van der Waals surface area contributed by atoms with E-state index in [1.807, 2.05) is 11.3 Å². The first kappa shape index (κ1) is 13.8. The Morgan fingerprint density at radius 3 is 2.29 bits per heavy atom. The summed E-state index contributed by atoms with van der Waals surface area (Å²) < 4.78 is 2.74. The first-order valence-corrected chi connectivity index (χ1v) is 9.07. The first-order valence-electron chi connectivity index (χ1n) is 8.25. The Hall–Kier alpha value is -2.64. The van der Waals surface area contributed by atoms with Gasteiger partial charge in [0.1, 0.15) is 0 Å². The van der Waals surface area contributed by atoms with E-state index in [2.05, 4.69) is 84.9 Å². The van der Waals surface area contributed by atoms with Gasteiger partial charge >= 0.3 is 0 Å². The van der Waals surface area contributed by atoms with Gasteiger partial charge in [-0.15, -0.1) is 11.3 Å². The van der Waals surface area contributed by atoms with Crippen molar-refractivity contribution >= 4 is 42.3 Å². The molecule has 0 saturated heterocycles. The first-order chi connectivity index (χ1) is 11.9. The molecule has 1 heteroatoms. The van der Waals surface area contributed by atoms with Crippen molar-refractivity contribution in [3.8, 4) is 0 Å². The topological polar surface area (TPSA) is 0 Å². The lowest BCUT2D eigenvalue weighted by molar-refractivity contribution is 1.22. The van der Waals surface area contributed by atoms with Crippen molar-refractivity contribution in [1.82, 2.24) is 0 Å². The van der Waals surface area contributed by atoms with Crippen LogP contribution in [0.15, 0.2) is 84.9 Å². The molecule has 0 spiro atoms. The number of hydrogen-bond donors (Lipinski definition) is 0. The fourth-order valence-electron chi connectivity index (χ4n) is 3.55. The molecule has 114 valence electrons. The largest absolute Gasteiger partial charge is 0.135 e. The van der Waals surface area contributed by atoms with Gasteiger partial charge in [-0.25, -0.2) is 0 Å². The van der Waals surface area contributed by atoms with Crippen molar-refractivity contribution in [2.45, 2.75) is 6.42 Å². The van der Waals surface area contributed by atoms with Crippen molar-refractivity contribution in [2.24, 2.45) is 0 Å². The van der Waals surface area contributed by atoms with Gasteiger partial charge in [0, 0.05) is 20.2 Å². The second-order valence-corrected chi connectivity index (χ2v) is 7.33. The predicted octanol–water partition coefficient (Wildman–Crippen LogP) is 6.80. The van der Waals surface area contributed by atoms with Gasteiger partial charge < -0.3 is 0 Å². The zero-order valence-corrected chi connectivity index (χ0v) is 14.0. The monoisotopic (exact) mass is 324 g/mol. The van der Waals surface area contributed by atoms with Gasteiger partial charge in [-0.2, -0.15) is 0 Å². The molecule has 0 aliphatic carbocycles. The summed E-state index contributed by atoms with van der Waals surface area (Å²) >= 11 is 1.88. The molecule has 4 aromatic carbocycles. The average molecular weight is 324 g/mol. The standard InChI is InChI=1S/C23H16S/c1-2-9-19-17(6-1)7-5-8-18(19)14-16-12-13-23-21(15-16)20-10-3-4-11-22(20)24-23/h1-13,15H,14H2. The summed E-state index contributed by atoms with van der Waals surface area (Å²) in [6, 6.07) is 30.9. The lowest BCUT2D eigenvalue weighted by Crippen LogP contribution is -1.89.